The Morgan fingerprint density at radius 3 is 1.54 bits per heavy atom. The molecule has 3 aromatic heterocycles. The normalized spacial score (nSPS) is 17.0. The van der Waals surface area contributed by atoms with Gasteiger partial charge in [-0.25, -0.2) is 19.5 Å². The molecule has 0 atom stereocenters. The van der Waals surface area contributed by atoms with E-state index in [-0.39, 0.29) is 73.2 Å². The molecule has 0 N–H and O–H groups in total. The van der Waals surface area contributed by atoms with Crippen molar-refractivity contribution >= 4 is 34.3 Å². The summed E-state index contributed by atoms with van der Waals surface area (Å²) in [6.45, 7) is 20.3. The quantitative estimate of drug-likeness (QED) is 0.101. The van der Waals surface area contributed by atoms with E-state index in [1.54, 1.807) is 0 Å². The number of imidazole rings is 1. The Hall–Kier alpha value is -4.51. The van der Waals surface area contributed by atoms with Crippen LogP contribution in [0.5, 0.6) is 0 Å². The molecule has 0 bridgehead atoms. The van der Waals surface area contributed by atoms with Gasteiger partial charge in [-0.1, -0.05) is 117 Å². The molecule has 0 amide bonds. The van der Waals surface area contributed by atoms with Gasteiger partial charge in [-0.3, -0.25) is 0 Å². The van der Waals surface area contributed by atoms with E-state index in [9.17, 15) is 0 Å². The summed E-state index contributed by atoms with van der Waals surface area (Å²) < 4.78 is 4.30. The van der Waals surface area contributed by atoms with Gasteiger partial charge in [0.25, 0.3) is 5.65 Å². The van der Waals surface area contributed by atoms with Crippen molar-refractivity contribution < 1.29 is 48.6 Å². The first-order valence-corrected chi connectivity index (χ1v) is 19.6. The molecule has 0 fully saturated rings. The van der Waals surface area contributed by atoms with Gasteiger partial charge in [0.1, 0.15) is 28.7 Å². The van der Waals surface area contributed by atoms with Crippen molar-refractivity contribution in [3.05, 3.63) is 157 Å². The van der Waals surface area contributed by atoms with Crippen LogP contribution in [0, 0.1) is 12.7 Å². The fourth-order valence-corrected chi connectivity index (χ4v) is 9.41. The summed E-state index contributed by atoms with van der Waals surface area (Å²) in [6, 6.07) is 42.4. The molecule has 4 aromatic carbocycles. The van der Waals surface area contributed by atoms with E-state index in [1.165, 1.54) is 0 Å². The molecular formula is C49H53IIrN8-2. The number of halogens is 1. The molecule has 10 heteroatoms. The number of benzene rings is 4. The SMILES string of the molecule is C.CC1(C)CC(C)(C)c2nc3c(nc21)N(c1[c-]cccc1)[CH-]N3c1ccccc1.CC1(C)CC(C)(C)c2nc3c(nc21)n(-c1ccccc1)c[n+]3-c1ccccc1.[I-].[Ir]. The number of rotatable bonds is 4. The smallest absolute Gasteiger partial charge is 0.327 e. The zero-order valence-corrected chi connectivity index (χ0v) is 38.9. The molecule has 7 aromatic rings. The van der Waals surface area contributed by atoms with Crippen LogP contribution >= 0.6 is 0 Å². The molecule has 10 rings (SSSR count). The van der Waals surface area contributed by atoms with Crippen molar-refractivity contribution in [3.8, 4) is 11.4 Å². The van der Waals surface area contributed by atoms with E-state index in [0.29, 0.717) is 0 Å². The average Bonchev–Trinajstić information content (AvgIpc) is 3.86. The van der Waals surface area contributed by atoms with Gasteiger partial charge in [-0.15, -0.1) is 17.3 Å². The summed E-state index contributed by atoms with van der Waals surface area (Å²) >= 11 is 0. The van der Waals surface area contributed by atoms with Crippen molar-refractivity contribution in [1.82, 2.24) is 24.5 Å². The molecule has 0 unspecified atom stereocenters. The Balaban J connectivity index is 0.000000189. The van der Waals surface area contributed by atoms with Gasteiger partial charge >= 0.3 is 5.65 Å². The van der Waals surface area contributed by atoms with Crippen LogP contribution in [0.25, 0.3) is 22.7 Å². The third-order valence-corrected chi connectivity index (χ3v) is 11.5. The average molecular weight is 1070 g/mol. The molecule has 8 nitrogen and oxygen atoms in total. The van der Waals surface area contributed by atoms with E-state index in [1.807, 2.05) is 48.5 Å². The fourth-order valence-electron chi connectivity index (χ4n) is 9.41. The molecule has 0 spiro atoms. The third kappa shape index (κ3) is 7.72. The summed E-state index contributed by atoms with van der Waals surface area (Å²) in [5.41, 5.74) is 10.6. The van der Waals surface area contributed by atoms with Gasteiger partial charge < -0.3 is 33.8 Å². The Morgan fingerprint density at radius 2 is 1.02 bits per heavy atom. The minimum Gasteiger partial charge on any atom is -1.00 e. The zero-order valence-electron chi connectivity index (χ0n) is 34.3. The topological polar surface area (TPSA) is 66.9 Å². The zero-order chi connectivity index (χ0) is 39.0. The first-order chi connectivity index (χ1) is 26.7. The van der Waals surface area contributed by atoms with Crippen LogP contribution in [-0.2, 0) is 41.8 Å². The van der Waals surface area contributed by atoms with Gasteiger partial charge in [0.05, 0.1) is 17.1 Å². The number of hydrogen-bond donors (Lipinski definition) is 0. The number of nitrogens with zero attached hydrogens (tertiary/aromatic N) is 8. The number of fused-ring (bicyclic) bond motifs is 4. The molecule has 307 valence electrons. The summed E-state index contributed by atoms with van der Waals surface area (Å²) in [7, 11) is 0. The third-order valence-electron chi connectivity index (χ3n) is 11.5. The standard InChI is InChI=1S/C24H25N4.C24H24N4.CH4.HI.Ir/c2*1-23(2)15-24(3,4)20-19(23)25-21-22(26-20)28(18-13-9-6-10-14-18)16-27(21)17-11-7-5-8-12-17;;;/h5-14,16H,15H2,1-4H3;5-13,16H,15H2,1-4H3;1H4;1H;/q+1;-2;;;/p-1. The predicted molar refractivity (Wildman–Crippen MR) is 231 cm³/mol. The van der Waals surface area contributed by atoms with E-state index in [4.69, 9.17) is 19.9 Å². The Morgan fingerprint density at radius 1 is 0.559 bits per heavy atom. The van der Waals surface area contributed by atoms with Gasteiger partial charge in [0.15, 0.2) is 0 Å². The second kappa shape index (κ2) is 16.2. The predicted octanol–water partition coefficient (Wildman–Crippen LogP) is 7.94. The van der Waals surface area contributed by atoms with Gasteiger partial charge in [-0.2, -0.15) is 34.9 Å². The van der Waals surface area contributed by atoms with Crippen LogP contribution in [0.3, 0.4) is 0 Å². The summed E-state index contributed by atoms with van der Waals surface area (Å²) in [5, 5.41) is 0. The van der Waals surface area contributed by atoms with Crippen LogP contribution in [-0.4, -0.2) is 24.5 Å². The van der Waals surface area contributed by atoms with Gasteiger partial charge in [-0.05, 0) is 49.2 Å². The summed E-state index contributed by atoms with van der Waals surface area (Å²) in [5.74, 6) is 1.75. The van der Waals surface area contributed by atoms with Crippen molar-refractivity contribution in [2.75, 3.05) is 9.80 Å². The minimum atomic E-state index is 0. The molecule has 0 saturated heterocycles. The molecule has 1 aliphatic heterocycles. The van der Waals surface area contributed by atoms with Gasteiger partial charge in [0.2, 0.25) is 6.33 Å². The summed E-state index contributed by atoms with van der Waals surface area (Å²) in [4.78, 5) is 25.0. The number of aromatic nitrogens is 6. The molecule has 3 aliphatic rings. The molecular weight excluding hydrogens is 1020 g/mol. The van der Waals surface area contributed by atoms with E-state index >= 15 is 0 Å². The van der Waals surface area contributed by atoms with E-state index in [0.717, 1.165) is 81.3 Å². The molecule has 2 aliphatic carbocycles. The molecule has 4 heterocycles. The maximum Gasteiger partial charge on any atom is 0.327 e. The first kappa shape index (κ1) is 44.1. The van der Waals surface area contributed by atoms with Gasteiger partial charge in [0, 0.05) is 47.5 Å². The van der Waals surface area contributed by atoms with Crippen molar-refractivity contribution in [2.45, 2.75) is 97.3 Å². The number of anilines is 4. The Labute approximate surface area is 380 Å². The van der Waals surface area contributed by atoms with Crippen LogP contribution in [0.2, 0.25) is 0 Å². The first-order valence-electron chi connectivity index (χ1n) is 19.6. The van der Waals surface area contributed by atoms with E-state index < -0.39 is 0 Å². The second-order valence-electron chi connectivity index (χ2n) is 18.0. The van der Waals surface area contributed by atoms with Crippen molar-refractivity contribution in [2.24, 2.45) is 0 Å². The van der Waals surface area contributed by atoms with Crippen molar-refractivity contribution in [1.29, 1.82) is 0 Å². The van der Waals surface area contributed by atoms with Crippen LogP contribution in [0.15, 0.2) is 122 Å². The largest absolute Gasteiger partial charge is 1.00 e. The molecule has 59 heavy (non-hydrogen) atoms. The summed E-state index contributed by atoms with van der Waals surface area (Å²) in [6.07, 6.45) is 4.20. The molecule has 0 saturated carbocycles. The van der Waals surface area contributed by atoms with Crippen LogP contribution < -0.4 is 38.3 Å². The minimum absolute atomic E-state index is 0. The van der Waals surface area contributed by atoms with Crippen LogP contribution in [0.4, 0.5) is 23.0 Å². The fraction of sp³-hybridized carbons (Fsp3) is 0.306. The number of para-hydroxylation sites is 4. The number of hydrogen-bond acceptors (Lipinski definition) is 6. The Bertz CT molecular complexity index is 2400. The monoisotopic (exact) mass is 1070 g/mol. The second-order valence-corrected chi connectivity index (χ2v) is 18.0. The maximum atomic E-state index is 5.21. The Kier molecular flexibility index (Phi) is 12.1. The van der Waals surface area contributed by atoms with Crippen LogP contribution in [0.1, 0.15) is 98.4 Å². The maximum absolute atomic E-state index is 5.21. The molecule has 1 radical (unpaired) electrons. The van der Waals surface area contributed by atoms with E-state index in [2.05, 4.69) is 160 Å². The van der Waals surface area contributed by atoms with Crippen molar-refractivity contribution in [3.63, 3.8) is 0 Å².